The molecule has 8 heteroatoms. The van der Waals surface area contributed by atoms with Crippen molar-refractivity contribution in [2.24, 2.45) is 0 Å². The molecule has 0 bridgehead atoms. The Kier molecular flexibility index (Phi) is 5.31. The van der Waals surface area contributed by atoms with E-state index in [9.17, 15) is 4.79 Å². The predicted molar refractivity (Wildman–Crippen MR) is 98.1 cm³/mol. The monoisotopic (exact) mass is 384 g/mol. The summed E-state index contributed by atoms with van der Waals surface area (Å²) in [6, 6.07) is 5.25. The van der Waals surface area contributed by atoms with Crippen LogP contribution in [-0.4, -0.2) is 16.5 Å². The zero-order valence-electron chi connectivity index (χ0n) is 12.5. The molecular formula is C15H13ClN2O2S3. The summed E-state index contributed by atoms with van der Waals surface area (Å²) in [5, 5.41) is 9.77. The molecule has 4 nitrogen and oxygen atoms in total. The molecule has 0 spiro atoms. The lowest BCUT2D eigenvalue weighted by Gasteiger charge is -2.07. The maximum Gasteiger partial charge on any atom is 0.336 e. The maximum absolute atomic E-state index is 11.8. The number of hydrogen-bond acceptors (Lipinski definition) is 7. The number of fused-ring (bicyclic) bond motifs is 1. The minimum Gasteiger partial charge on any atom is -0.423 e. The smallest absolute Gasteiger partial charge is 0.336 e. The van der Waals surface area contributed by atoms with Crippen molar-refractivity contribution in [2.75, 3.05) is 6.26 Å². The van der Waals surface area contributed by atoms with Crippen molar-refractivity contribution < 1.29 is 4.42 Å². The molecule has 0 atom stereocenters. The lowest BCUT2D eigenvalue weighted by molar-refractivity contribution is 0.559. The third-order valence-corrected chi connectivity index (χ3v) is 6.72. The first-order chi connectivity index (χ1) is 11.1. The zero-order valence-corrected chi connectivity index (χ0v) is 15.7. The maximum atomic E-state index is 11.8. The number of aromatic nitrogens is 2. The quantitative estimate of drug-likeness (QED) is 0.461. The topological polar surface area (TPSA) is 56.0 Å². The molecule has 2 aromatic heterocycles. The van der Waals surface area contributed by atoms with Gasteiger partial charge in [-0.1, -0.05) is 53.4 Å². The second-order valence-corrected chi connectivity index (χ2v) is 8.37. The number of halogens is 1. The molecule has 120 valence electrons. The molecule has 0 radical (unpaired) electrons. The number of aryl methyl sites for hydroxylation is 1. The SMILES string of the molecule is CCc1cc2oc(=O)cc(CSc3nnc(SC)s3)c2cc1Cl. The Hall–Kier alpha value is -1.02. The fourth-order valence-electron chi connectivity index (χ4n) is 2.16. The van der Waals surface area contributed by atoms with Gasteiger partial charge in [0.05, 0.1) is 0 Å². The third kappa shape index (κ3) is 3.74. The molecule has 0 aliphatic rings. The minimum absolute atomic E-state index is 0.348. The molecule has 0 fully saturated rings. The Morgan fingerprint density at radius 2 is 2.00 bits per heavy atom. The zero-order chi connectivity index (χ0) is 16.4. The van der Waals surface area contributed by atoms with E-state index in [4.69, 9.17) is 16.0 Å². The first-order valence-electron chi connectivity index (χ1n) is 6.86. The van der Waals surface area contributed by atoms with Gasteiger partial charge in [-0.3, -0.25) is 0 Å². The van der Waals surface area contributed by atoms with Crippen molar-refractivity contribution in [3.63, 3.8) is 0 Å². The van der Waals surface area contributed by atoms with Crippen LogP contribution in [0.2, 0.25) is 5.02 Å². The van der Waals surface area contributed by atoms with Crippen LogP contribution in [0.5, 0.6) is 0 Å². The lowest BCUT2D eigenvalue weighted by Crippen LogP contribution is -2.00. The van der Waals surface area contributed by atoms with Gasteiger partial charge >= 0.3 is 5.63 Å². The summed E-state index contributed by atoms with van der Waals surface area (Å²) in [7, 11) is 0. The van der Waals surface area contributed by atoms with E-state index in [1.165, 1.54) is 6.07 Å². The molecule has 0 aliphatic carbocycles. The summed E-state index contributed by atoms with van der Waals surface area (Å²) in [6.07, 6.45) is 2.76. The van der Waals surface area contributed by atoms with Crippen LogP contribution in [0.1, 0.15) is 18.1 Å². The number of benzene rings is 1. The number of thioether (sulfide) groups is 2. The molecule has 0 amide bonds. The predicted octanol–water partition coefficient (Wildman–Crippen LogP) is 4.87. The Bertz CT molecular complexity index is 907. The van der Waals surface area contributed by atoms with E-state index in [0.717, 1.165) is 31.6 Å². The van der Waals surface area contributed by atoms with E-state index in [1.54, 1.807) is 34.9 Å². The second-order valence-electron chi connectivity index (χ2n) is 4.71. The van der Waals surface area contributed by atoms with Crippen molar-refractivity contribution in [2.45, 2.75) is 27.8 Å². The summed E-state index contributed by atoms with van der Waals surface area (Å²) < 4.78 is 7.13. The minimum atomic E-state index is -0.348. The van der Waals surface area contributed by atoms with Gasteiger partial charge in [0.1, 0.15) is 5.58 Å². The summed E-state index contributed by atoms with van der Waals surface area (Å²) in [6.45, 7) is 2.02. The lowest BCUT2D eigenvalue weighted by atomic mass is 10.1. The number of hydrogen-bond donors (Lipinski definition) is 0. The van der Waals surface area contributed by atoms with E-state index in [-0.39, 0.29) is 5.63 Å². The first kappa shape index (κ1) is 16.8. The van der Waals surface area contributed by atoms with Crippen LogP contribution in [-0.2, 0) is 12.2 Å². The van der Waals surface area contributed by atoms with Crippen molar-refractivity contribution in [3.05, 3.63) is 44.8 Å². The van der Waals surface area contributed by atoms with E-state index < -0.39 is 0 Å². The Morgan fingerprint density at radius 3 is 2.70 bits per heavy atom. The van der Waals surface area contributed by atoms with Gasteiger partial charge in [-0.15, -0.1) is 10.2 Å². The van der Waals surface area contributed by atoms with Gasteiger partial charge in [0.2, 0.25) is 0 Å². The molecule has 1 aromatic carbocycles. The van der Waals surface area contributed by atoms with Crippen molar-refractivity contribution in [1.29, 1.82) is 0 Å². The van der Waals surface area contributed by atoms with Gasteiger partial charge in [-0.25, -0.2) is 4.79 Å². The highest BCUT2D eigenvalue weighted by Crippen LogP contribution is 2.32. The van der Waals surface area contributed by atoms with Crippen molar-refractivity contribution in [3.8, 4) is 0 Å². The van der Waals surface area contributed by atoms with Crippen LogP contribution < -0.4 is 5.63 Å². The largest absolute Gasteiger partial charge is 0.423 e. The van der Waals surface area contributed by atoms with E-state index in [0.29, 0.717) is 16.4 Å². The van der Waals surface area contributed by atoms with Gasteiger partial charge in [0.15, 0.2) is 8.68 Å². The van der Waals surface area contributed by atoms with Crippen LogP contribution in [0.15, 0.2) is 36.1 Å². The van der Waals surface area contributed by atoms with E-state index >= 15 is 0 Å². The standard InChI is InChI=1S/C15H13ClN2O2S3/c1-3-8-4-12-10(6-11(8)16)9(5-13(19)20-12)7-22-15-18-17-14(21-2)23-15/h4-6H,3,7H2,1-2H3. The third-order valence-electron chi connectivity index (χ3n) is 3.29. The Balaban J connectivity index is 1.96. The molecule has 0 N–H and O–H groups in total. The van der Waals surface area contributed by atoms with Crippen LogP contribution in [0.4, 0.5) is 0 Å². The van der Waals surface area contributed by atoms with Crippen LogP contribution in [0, 0.1) is 0 Å². The molecule has 23 heavy (non-hydrogen) atoms. The van der Waals surface area contributed by atoms with E-state index in [2.05, 4.69) is 10.2 Å². The molecule has 0 unspecified atom stereocenters. The number of nitrogens with zero attached hydrogens (tertiary/aromatic N) is 2. The van der Waals surface area contributed by atoms with Crippen LogP contribution >= 0.6 is 46.5 Å². The van der Waals surface area contributed by atoms with Gasteiger partial charge in [-0.2, -0.15) is 0 Å². The van der Waals surface area contributed by atoms with Crippen molar-refractivity contribution >= 4 is 57.4 Å². The van der Waals surface area contributed by atoms with Crippen molar-refractivity contribution in [1.82, 2.24) is 10.2 Å². The van der Waals surface area contributed by atoms with Gasteiger partial charge in [0.25, 0.3) is 0 Å². The summed E-state index contributed by atoms with van der Waals surface area (Å²) in [5.74, 6) is 0.618. The van der Waals surface area contributed by atoms with E-state index in [1.807, 2.05) is 25.3 Å². The Morgan fingerprint density at radius 1 is 1.22 bits per heavy atom. The average Bonchev–Trinajstić information content (AvgIpc) is 3.00. The average molecular weight is 385 g/mol. The molecule has 0 aliphatic heterocycles. The molecule has 0 saturated carbocycles. The highest BCUT2D eigenvalue weighted by molar-refractivity contribution is 8.02. The van der Waals surface area contributed by atoms with Gasteiger partial charge in [-0.05, 0) is 35.9 Å². The molecule has 0 saturated heterocycles. The second kappa shape index (κ2) is 7.25. The van der Waals surface area contributed by atoms with Crippen LogP contribution in [0.3, 0.4) is 0 Å². The molecule has 3 aromatic rings. The molecule has 2 heterocycles. The van der Waals surface area contributed by atoms with Gasteiger partial charge < -0.3 is 4.42 Å². The van der Waals surface area contributed by atoms with Crippen LogP contribution in [0.25, 0.3) is 11.0 Å². The molecule has 3 rings (SSSR count). The normalized spacial score (nSPS) is 11.3. The molecular weight excluding hydrogens is 372 g/mol. The fraction of sp³-hybridized carbons (Fsp3) is 0.267. The Labute approximate surface area is 150 Å². The summed E-state index contributed by atoms with van der Waals surface area (Å²) in [5.41, 5.74) is 2.10. The highest BCUT2D eigenvalue weighted by atomic mass is 35.5. The summed E-state index contributed by atoms with van der Waals surface area (Å²) >= 11 is 11.0. The van der Waals surface area contributed by atoms with Gasteiger partial charge in [0, 0.05) is 22.2 Å². The number of rotatable bonds is 5. The highest BCUT2D eigenvalue weighted by Gasteiger charge is 2.11. The summed E-state index contributed by atoms with van der Waals surface area (Å²) in [4.78, 5) is 11.8. The fourth-order valence-corrected chi connectivity index (χ4v) is 4.88. The first-order valence-corrected chi connectivity index (χ1v) is 10.3.